The molecule has 1 aliphatic carbocycles. The molecular weight excluding hydrogens is 340 g/mol. The number of ketones is 1. The Hall–Kier alpha value is -2.18. The van der Waals surface area contributed by atoms with Gasteiger partial charge in [0.15, 0.2) is 11.6 Å². The summed E-state index contributed by atoms with van der Waals surface area (Å²) in [7, 11) is 0. The number of carbonyl (C=O) groups is 1. The molecule has 0 amide bonds. The molecule has 130 valence electrons. The molecule has 2 bridgehead atoms. The Balaban J connectivity index is 1.75. The van der Waals surface area contributed by atoms with Crippen LogP contribution in [0.3, 0.4) is 0 Å². The van der Waals surface area contributed by atoms with Gasteiger partial charge in [-0.25, -0.2) is 9.98 Å². The van der Waals surface area contributed by atoms with Crippen LogP contribution in [0.2, 0.25) is 5.02 Å². The van der Waals surface area contributed by atoms with Gasteiger partial charge in [-0.1, -0.05) is 29.8 Å². The number of fused-ring (bicyclic) bond motifs is 2. The minimum Gasteiger partial charge on any atom is -0.468 e. The first-order chi connectivity index (χ1) is 12.1. The maximum Gasteiger partial charge on any atom is 0.205 e. The van der Waals surface area contributed by atoms with E-state index in [0.29, 0.717) is 30.2 Å². The highest BCUT2D eigenvalue weighted by Gasteiger charge is 2.52. The first-order valence-corrected chi connectivity index (χ1v) is 8.76. The van der Waals surface area contributed by atoms with Gasteiger partial charge in [0.25, 0.3) is 0 Å². The minimum atomic E-state index is -0.986. The summed E-state index contributed by atoms with van der Waals surface area (Å²) in [6.07, 6.45) is 5.49. The molecule has 1 saturated carbocycles. The van der Waals surface area contributed by atoms with Crippen LogP contribution in [0, 0.1) is 0 Å². The van der Waals surface area contributed by atoms with Crippen LogP contribution in [0.25, 0.3) is 0 Å². The smallest absolute Gasteiger partial charge is 0.205 e. The summed E-state index contributed by atoms with van der Waals surface area (Å²) in [6.45, 7) is 0. The van der Waals surface area contributed by atoms with Crippen LogP contribution in [0.5, 0.6) is 0 Å². The molecule has 25 heavy (non-hydrogen) atoms. The van der Waals surface area contributed by atoms with Crippen molar-refractivity contribution in [2.24, 2.45) is 10.7 Å². The molecule has 1 fully saturated rings. The van der Waals surface area contributed by atoms with E-state index in [9.17, 15) is 4.79 Å². The zero-order valence-electron chi connectivity index (χ0n) is 13.6. The largest absolute Gasteiger partial charge is 0.468 e. The van der Waals surface area contributed by atoms with Crippen LogP contribution in [0.4, 0.5) is 0 Å². The van der Waals surface area contributed by atoms with E-state index in [0.717, 1.165) is 17.7 Å². The van der Waals surface area contributed by atoms with E-state index in [1.54, 1.807) is 18.6 Å². The van der Waals surface area contributed by atoms with Crippen molar-refractivity contribution in [1.82, 2.24) is 9.97 Å². The molecule has 0 spiro atoms. The Morgan fingerprint density at radius 2 is 2.28 bits per heavy atom. The second-order valence-electron chi connectivity index (χ2n) is 6.54. The van der Waals surface area contributed by atoms with Gasteiger partial charge in [0.2, 0.25) is 11.7 Å². The van der Waals surface area contributed by atoms with Crippen molar-refractivity contribution < 1.29 is 9.53 Å². The molecule has 6 nitrogen and oxygen atoms in total. The monoisotopic (exact) mass is 358 g/mol. The van der Waals surface area contributed by atoms with Crippen LogP contribution in [0.1, 0.15) is 30.5 Å². The van der Waals surface area contributed by atoms with E-state index in [2.05, 4.69) is 9.97 Å². The summed E-state index contributed by atoms with van der Waals surface area (Å²) in [5.74, 6) is 0.392. The molecule has 2 aliphatic rings. The van der Waals surface area contributed by atoms with E-state index >= 15 is 0 Å². The second kappa shape index (κ2) is 6.28. The number of benzene rings is 1. The zero-order valence-corrected chi connectivity index (χ0v) is 14.4. The molecule has 0 unspecified atom stereocenters. The highest BCUT2D eigenvalue weighted by Crippen LogP contribution is 2.44. The van der Waals surface area contributed by atoms with Crippen LogP contribution in [-0.2, 0) is 21.5 Å². The summed E-state index contributed by atoms with van der Waals surface area (Å²) < 4.78 is 5.86. The molecule has 0 saturated heterocycles. The summed E-state index contributed by atoms with van der Waals surface area (Å²) in [5, 5.41) is 0.545. The van der Waals surface area contributed by atoms with Gasteiger partial charge in [-0.2, -0.15) is 0 Å². The number of aromatic nitrogens is 2. The lowest BCUT2D eigenvalue weighted by atomic mass is 9.73. The third-order valence-electron chi connectivity index (χ3n) is 4.90. The number of ether oxygens (including phenoxy) is 1. The molecule has 1 aliphatic heterocycles. The number of H-pyrrole nitrogens is 1. The molecule has 2 heterocycles. The quantitative estimate of drug-likeness (QED) is 0.877. The number of nitrogens with one attached hydrogen (secondary N) is 1. The number of rotatable bonds is 4. The average Bonchev–Trinajstić information content (AvgIpc) is 3.08. The van der Waals surface area contributed by atoms with Crippen LogP contribution in [-0.4, -0.2) is 33.8 Å². The summed E-state index contributed by atoms with van der Waals surface area (Å²) >= 11 is 6.40. The van der Waals surface area contributed by atoms with E-state index < -0.39 is 17.7 Å². The fourth-order valence-corrected chi connectivity index (χ4v) is 3.95. The number of carbonyl (C=O) groups excluding carboxylic acids is 1. The number of halogens is 1. The number of aromatic amines is 1. The third-order valence-corrected chi connectivity index (χ3v) is 5.23. The first-order valence-electron chi connectivity index (χ1n) is 8.39. The predicted octanol–water partition coefficient (Wildman–Crippen LogP) is 2.38. The fraction of sp³-hybridized carbons (Fsp3) is 0.389. The van der Waals surface area contributed by atoms with Crippen molar-refractivity contribution in [2.45, 2.75) is 43.4 Å². The molecule has 7 heteroatoms. The van der Waals surface area contributed by atoms with Crippen molar-refractivity contribution >= 4 is 23.3 Å². The molecule has 3 atom stereocenters. The predicted molar refractivity (Wildman–Crippen MR) is 94.6 cm³/mol. The van der Waals surface area contributed by atoms with E-state index in [-0.39, 0.29) is 5.78 Å². The molecule has 1 aromatic heterocycles. The van der Waals surface area contributed by atoms with Gasteiger partial charge in [-0.15, -0.1) is 0 Å². The Bertz CT molecular complexity index is 820. The highest BCUT2D eigenvalue weighted by atomic mass is 35.5. The number of nitrogens with zero attached hydrogens (tertiary/aromatic N) is 2. The standard InChI is InChI=1S/C18H19ClN4O2/c19-13-5-2-1-4-12(13)18-7-3-6-15(16(18)24)25-17(23-18)14(20)8-11-9-21-10-22-11/h1-2,4-5,9-10,14-15H,3,6-8,20H2,(H,21,22)/t14-,15+,18+/m0/s1. The van der Waals surface area contributed by atoms with Crippen molar-refractivity contribution in [3.05, 3.63) is 53.1 Å². The van der Waals surface area contributed by atoms with Crippen molar-refractivity contribution in [3.63, 3.8) is 0 Å². The lowest BCUT2D eigenvalue weighted by Gasteiger charge is -2.42. The number of Topliss-reactive ketones (excluding diaryl/α,β-unsaturated/α-hetero) is 1. The van der Waals surface area contributed by atoms with Crippen LogP contribution >= 0.6 is 11.6 Å². The first kappa shape index (κ1) is 16.3. The molecule has 2 aromatic rings. The Morgan fingerprint density at radius 3 is 3.04 bits per heavy atom. The fourth-order valence-electron chi connectivity index (χ4n) is 3.66. The number of hydrogen-bond acceptors (Lipinski definition) is 5. The maximum atomic E-state index is 13.0. The van der Waals surface area contributed by atoms with E-state index in [1.807, 2.05) is 18.2 Å². The SMILES string of the molecule is N[C@@H](Cc1cnc[nH]1)C1=N[C@@]2(c3ccccc3Cl)CCC[C@@H](O1)C2=O. The van der Waals surface area contributed by atoms with Crippen molar-refractivity contribution in [1.29, 1.82) is 0 Å². The lowest BCUT2D eigenvalue weighted by Crippen LogP contribution is -2.54. The van der Waals surface area contributed by atoms with Gasteiger partial charge in [-0.05, 0) is 25.3 Å². The topological polar surface area (TPSA) is 93.4 Å². The van der Waals surface area contributed by atoms with Gasteiger partial charge in [0.1, 0.15) is 0 Å². The van der Waals surface area contributed by atoms with Crippen LogP contribution < -0.4 is 5.73 Å². The lowest BCUT2D eigenvalue weighted by molar-refractivity contribution is -0.137. The number of aliphatic imine (C=N–C) groups is 1. The van der Waals surface area contributed by atoms with Crippen molar-refractivity contribution in [2.75, 3.05) is 0 Å². The van der Waals surface area contributed by atoms with Gasteiger partial charge >= 0.3 is 0 Å². The van der Waals surface area contributed by atoms with Crippen LogP contribution in [0.15, 0.2) is 41.8 Å². The van der Waals surface area contributed by atoms with Crippen molar-refractivity contribution in [3.8, 4) is 0 Å². The second-order valence-corrected chi connectivity index (χ2v) is 6.95. The summed E-state index contributed by atoms with van der Waals surface area (Å²) in [4.78, 5) is 24.8. The van der Waals surface area contributed by atoms with E-state index in [4.69, 9.17) is 27.1 Å². The Kier molecular flexibility index (Phi) is 4.09. The molecule has 3 N–H and O–H groups in total. The minimum absolute atomic E-state index is 0.0238. The zero-order chi connectivity index (χ0) is 17.4. The van der Waals surface area contributed by atoms with Gasteiger partial charge < -0.3 is 15.5 Å². The normalized spacial score (nSPS) is 26.7. The van der Waals surface area contributed by atoms with Gasteiger partial charge in [0.05, 0.1) is 12.4 Å². The third kappa shape index (κ3) is 2.75. The van der Waals surface area contributed by atoms with Gasteiger partial charge in [-0.3, -0.25) is 4.79 Å². The number of nitrogens with two attached hydrogens (primary N) is 1. The highest BCUT2D eigenvalue weighted by molar-refractivity contribution is 6.32. The number of hydrogen-bond donors (Lipinski definition) is 2. The molecule has 0 radical (unpaired) electrons. The average molecular weight is 359 g/mol. The summed E-state index contributed by atoms with van der Waals surface area (Å²) in [6, 6.07) is 6.94. The Morgan fingerprint density at radius 1 is 1.44 bits per heavy atom. The molecule has 4 rings (SSSR count). The van der Waals surface area contributed by atoms with E-state index in [1.165, 1.54) is 0 Å². The number of imidazole rings is 1. The molecule has 1 aromatic carbocycles. The van der Waals surface area contributed by atoms with Gasteiger partial charge in [0, 0.05) is 28.9 Å². The maximum absolute atomic E-state index is 13.0. The summed E-state index contributed by atoms with van der Waals surface area (Å²) in [5.41, 5.74) is 6.96. The Labute approximate surface area is 150 Å². The molecular formula is C18H19ClN4O2.